The predicted molar refractivity (Wildman–Crippen MR) is 299 cm³/mol. The minimum Gasteiger partial charge on any atom is -0.495 e. The number of aromatic nitrogens is 4. The number of aryl methyl sites for hydroxylation is 1. The highest BCUT2D eigenvalue weighted by Gasteiger charge is 2.45. The van der Waals surface area contributed by atoms with Gasteiger partial charge in [0.05, 0.1) is 49.7 Å². The van der Waals surface area contributed by atoms with Crippen LogP contribution in [0.2, 0.25) is 0 Å². The van der Waals surface area contributed by atoms with Crippen molar-refractivity contribution in [2.75, 3.05) is 69.5 Å². The molecule has 3 saturated heterocycles. The van der Waals surface area contributed by atoms with Crippen LogP contribution in [-0.2, 0) is 36.5 Å². The van der Waals surface area contributed by atoms with Gasteiger partial charge in [-0.1, -0.05) is 48.2 Å². The van der Waals surface area contributed by atoms with Crippen LogP contribution in [0, 0.1) is 11.8 Å². The molecule has 22 heteroatoms. The normalized spacial score (nSPS) is 18.0. The molecule has 0 bridgehead atoms. The van der Waals surface area contributed by atoms with Crippen molar-refractivity contribution in [3.63, 3.8) is 0 Å². The molecule has 1 aliphatic carbocycles. The number of benzene rings is 3. The molecule has 0 unspecified atom stereocenters. The highest BCUT2D eigenvalue weighted by atomic mass is 16.6. The van der Waals surface area contributed by atoms with Crippen molar-refractivity contribution in [1.82, 2.24) is 45.7 Å². The van der Waals surface area contributed by atoms with E-state index < -0.39 is 42.0 Å². The molecule has 8 N–H and O–H groups in total. The SMILES string of the molecule is COc1ccc(C#CCNC2(C)CCN(C3CCN(c4nc([C@@](COCNC(=O)[C@H](CC(N)=O)NC(=O)O)(OC5CC5)c5ccccc5)c5cc(-c6cn(C)c(=O)c7[nH]ccc67)ccc5n4)CC3)CC2)cc1N1CCC(=O)NC1=O. The Morgan fingerprint density at radius 2 is 1.73 bits per heavy atom. The minimum atomic E-state index is -1.49. The molecule has 4 aliphatic rings. The maximum atomic E-state index is 13.2. The average Bonchev–Trinajstić information content (AvgIpc) is 4.27. The molecule has 1 saturated carbocycles. The van der Waals surface area contributed by atoms with E-state index in [4.69, 9.17) is 29.9 Å². The number of nitrogens with two attached hydrogens (primary N) is 1. The largest absolute Gasteiger partial charge is 0.495 e. The number of pyridine rings is 1. The third-order valence-electron chi connectivity index (χ3n) is 15.6. The Labute approximate surface area is 461 Å². The molecule has 4 fully saturated rings. The van der Waals surface area contributed by atoms with Gasteiger partial charge in [-0.15, -0.1) is 0 Å². The van der Waals surface area contributed by atoms with Gasteiger partial charge in [-0.25, -0.2) is 19.6 Å². The van der Waals surface area contributed by atoms with Gasteiger partial charge in [0.1, 0.15) is 24.0 Å². The number of carboxylic acid groups (broad SMARTS) is 1. The highest BCUT2D eigenvalue weighted by molar-refractivity contribution is 6.06. The van der Waals surface area contributed by atoms with Crippen molar-refractivity contribution in [2.45, 2.75) is 87.6 Å². The number of imide groups is 1. The number of fused-ring (bicyclic) bond motifs is 2. The Morgan fingerprint density at radius 3 is 2.44 bits per heavy atom. The summed E-state index contributed by atoms with van der Waals surface area (Å²) in [7, 11) is 3.26. The van der Waals surface area contributed by atoms with Crippen molar-refractivity contribution in [1.29, 1.82) is 0 Å². The number of nitrogens with one attached hydrogen (secondary N) is 5. The second-order valence-corrected chi connectivity index (χ2v) is 21.2. The van der Waals surface area contributed by atoms with Gasteiger partial charge in [0.2, 0.25) is 23.7 Å². The zero-order valence-corrected chi connectivity index (χ0v) is 45.0. The molecule has 80 heavy (non-hydrogen) atoms. The summed E-state index contributed by atoms with van der Waals surface area (Å²) in [6.45, 7) is 5.75. The summed E-state index contributed by atoms with van der Waals surface area (Å²) in [5.41, 5.74) is 9.10. The van der Waals surface area contributed by atoms with Gasteiger partial charge in [-0.05, 0) is 93.0 Å². The number of likely N-dealkylation sites (tertiary alicyclic amines) is 1. The maximum Gasteiger partial charge on any atom is 0.405 e. The fraction of sp³-hybridized carbons (Fsp3) is 0.414. The summed E-state index contributed by atoms with van der Waals surface area (Å²) in [6, 6.07) is 21.4. The van der Waals surface area contributed by atoms with E-state index >= 15 is 0 Å². The van der Waals surface area contributed by atoms with Crippen LogP contribution < -0.4 is 47.1 Å². The second kappa shape index (κ2) is 23.5. The van der Waals surface area contributed by atoms with E-state index in [1.165, 1.54) is 4.90 Å². The van der Waals surface area contributed by atoms with Crippen LogP contribution in [0.5, 0.6) is 5.75 Å². The van der Waals surface area contributed by atoms with Gasteiger partial charge in [0, 0.05) is 92.1 Å². The number of piperidine rings is 2. The molecule has 0 radical (unpaired) electrons. The van der Waals surface area contributed by atoms with Gasteiger partial charge in [0.15, 0.2) is 5.60 Å². The molecule has 6 aromatic rings. The summed E-state index contributed by atoms with van der Waals surface area (Å²) in [5, 5.41) is 21.6. The Kier molecular flexibility index (Phi) is 16.2. The number of hydrogen-bond donors (Lipinski definition) is 7. The molecule has 22 nitrogen and oxygen atoms in total. The number of anilines is 2. The molecule has 10 rings (SSSR count). The summed E-state index contributed by atoms with van der Waals surface area (Å²) in [4.78, 5) is 94.3. The first-order chi connectivity index (χ1) is 38.6. The molecule has 2 atom stereocenters. The fourth-order valence-electron chi connectivity index (χ4n) is 11.0. The Balaban J connectivity index is 0.882. The number of nitrogens with zero attached hydrogens (tertiary/aromatic N) is 6. The van der Waals surface area contributed by atoms with E-state index in [9.17, 15) is 33.9 Å². The van der Waals surface area contributed by atoms with E-state index in [1.807, 2.05) is 72.9 Å². The predicted octanol–water partition coefficient (Wildman–Crippen LogP) is 4.42. The number of hydrogen-bond acceptors (Lipinski definition) is 14. The summed E-state index contributed by atoms with van der Waals surface area (Å²) in [5.74, 6) is 5.61. The monoisotopic (exact) mass is 1090 g/mol. The lowest BCUT2D eigenvalue weighted by Crippen LogP contribution is -2.55. The Bertz CT molecular complexity index is 3430. The van der Waals surface area contributed by atoms with Crippen molar-refractivity contribution < 1.29 is 43.3 Å². The molecule has 6 heterocycles. The van der Waals surface area contributed by atoms with Crippen molar-refractivity contribution >= 4 is 63.3 Å². The number of primary amides is 1. The zero-order valence-electron chi connectivity index (χ0n) is 45.0. The molecule has 3 aliphatic heterocycles. The highest BCUT2D eigenvalue weighted by Crippen LogP contribution is 2.44. The van der Waals surface area contributed by atoms with Gasteiger partial charge in [0.25, 0.3) is 5.56 Å². The van der Waals surface area contributed by atoms with Crippen molar-refractivity contribution in [3.05, 3.63) is 112 Å². The number of methoxy groups -OCH3 is 1. The number of carbonyl (C=O) groups is 5. The topological polar surface area (TPSA) is 281 Å². The molecule has 418 valence electrons. The third-order valence-corrected chi connectivity index (χ3v) is 15.6. The van der Waals surface area contributed by atoms with Crippen LogP contribution in [0.3, 0.4) is 0 Å². The van der Waals surface area contributed by atoms with Gasteiger partial charge < -0.3 is 60.4 Å². The van der Waals surface area contributed by atoms with Crippen LogP contribution in [0.25, 0.3) is 32.9 Å². The van der Waals surface area contributed by atoms with Gasteiger partial charge >= 0.3 is 12.1 Å². The standard InChI is InChI=1S/C58H66N12O10/c1-57(62-23-7-8-36-11-16-47(78-3)46(30-36)70-27-20-49(72)65-55(70)75)21-28-68(29-22-57)39-18-25-69(26-19-39)54-63-44-15-12-37(43-33-67(2)53(74)50-41(43)17-24-60-50)31-42(44)51(66-54)58(80-40-13-14-40,38-9-5-4-6-10-38)34-79-35-61-52(73)45(32-48(59)71)64-56(76)77/h4-6,9-12,15-17,24,30-31,33,39-40,45,60,62,64H,13-14,18-23,25-29,32,34-35H2,1-3H3,(H2,59,71)(H,61,73)(H,76,77)(H,65,72,75)/t45-,58-/m0/s1. The number of H-pyrrole nitrogens is 1. The number of urea groups is 1. The number of ether oxygens (including phenoxy) is 3. The quantitative estimate of drug-likeness (QED) is 0.0336. The van der Waals surface area contributed by atoms with Crippen LogP contribution >= 0.6 is 0 Å². The number of rotatable bonds is 19. The first-order valence-corrected chi connectivity index (χ1v) is 27.0. The molecule has 6 amide bonds. The number of aromatic amines is 1. The first kappa shape index (κ1) is 55.0. The zero-order chi connectivity index (χ0) is 56.1. The molecule has 3 aromatic heterocycles. The summed E-state index contributed by atoms with van der Waals surface area (Å²) in [6.07, 6.45) is 6.88. The van der Waals surface area contributed by atoms with Gasteiger partial charge in [-0.2, -0.15) is 0 Å². The minimum absolute atomic E-state index is 0.108. The maximum absolute atomic E-state index is 13.2. The molecule has 0 spiro atoms. The van der Waals surface area contributed by atoms with Crippen LogP contribution in [0.4, 0.5) is 21.2 Å². The van der Waals surface area contributed by atoms with E-state index in [2.05, 4.69) is 54.8 Å². The van der Waals surface area contributed by atoms with Crippen molar-refractivity contribution in [2.24, 2.45) is 12.8 Å². The third kappa shape index (κ3) is 12.1. The van der Waals surface area contributed by atoms with E-state index in [-0.39, 0.29) is 49.4 Å². The lowest BCUT2D eigenvalue weighted by molar-refractivity contribution is -0.130. The Morgan fingerprint density at radius 1 is 0.950 bits per heavy atom. The smallest absolute Gasteiger partial charge is 0.405 e. The van der Waals surface area contributed by atoms with Crippen LogP contribution in [-0.4, -0.2) is 143 Å². The van der Waals surface area contributed by atoms with E-state index in [0.717, 1.165) is 79.3 Å². The molecule has 3 aromatic carbocycles. The lowest BCUT2D eigenvalue weighted by atomic mass is 9.87. The van der Waals surface area contributed by atoms with Gasteiger partial charge in [-0.3, -0.25) is 29.4 Å². The van der Waals surface area contributed by atoms with Crippen LogP contribution in [0.1, 0.15) is 75.1 Å². The fourth-order valence-corrected chi connectivity index (χ4v) is 11.0. The van der Waals surface area contributed by atoms with Crippen LogP contribution in [0.15, 0.2) is 90.0 Å². The lowest BCUT2D eigenvalue weighted by Gasteiger charge is -2.45. The first-order valence-electron chi connectivity index (χ1n) is 27.0. The van der Waals surface area contributed by atoms with Crippen molar-refractivity contribution in [3.8, 4) is 28.7 Å². The van der Waals surface area contributed by atoms with E-state index in [1.54, 1.807) is 31.0 Å². The number of amides is 6. The number of carbonyl (C=O) groups excluding carboxylic acids is 4. The second-order valence-electron chi connectivity index (χ2n) is 21.2. The summed E-state index contributed by atoms with van der Waals surface area (Å²) < 4.78 is 20.6. The average molecular weight is 1090 g/mol. The molecular formula is C58H66N12O10. The molecular weight excluding hydrogens is 1020 g/mol. The Hall–Kier alpha value is -8.36. The summed E-state index contributed by atoms with van der Waals surface area (Å²) >= 11 is 0. The van der Waals surface area contributed by atoms with E-state index in [0.29, 0.717) is 65.2 Å².